The van der Waals surface area contributed by atoms with Crippen LogP contribution in [0.25, 0.3) is 0 Å². The molecule has 0 amide bonds. The van der Waals surface area contributed by atoms with Gasteiger partial charge in [0.25, 0.3) is 0 Å². The van der Waals surface area contributed by atoms with Crippen molar-refractivity contribution in [2.75, 3.05) is 5.73 Å². The van der Waals surface area contributed by atoms with E-state index in [1.54, 1.807) is 13.8 Å². The first-order chi connectivity index (χ1) is 9.22. The minimum atomic E-state index is 0.415. The molecule has 20 heavy (non-hydrogen) atoms. The summed E-state index contributed by atoms with van der Waals surface area (Å²) in [5, 5.41) is 1.25. The number of nitrogens with zero attached hydrogens (tertiary/aromatic N) is 4. The maximum atomic E-state index is 5.68. The number of nitrogen functional groups attached to an aromatic ring is 1. The van der Waals surface area contributed by atoms with Gasteiger partial charge in [-0.05, 0) is 59.0 Å². The third-order valence-electron chi connectivity index (χ3n) is 1.83. The minimum absolute atomic E-state index is 0.415. The van der Waals surface area contributed by atoms with E-state index in [1.165, 1.54) is 0 Å². The molecule has 10 heteroatoms. The van der Waals surface area contributed by atoms with Crippen LogP contribution < -0.4 is 5.73 Å². The van der Waals surface area contributed by atoms with Gasteiger partial charge in [-0.2, -0.15) is 0 Å². The summed E-state index contributed by atoms with van der Waals surface area (Å²) in [5.41, 5.74) is 5.48. The van der Waals surface area contributed by atoms with Crippen LogP contribution in [0, 0.1) is 21.0 Å². The summed E-state index contributed by atoms with van der Waals surface area (Å²) >= 11 is 21.0. The van der Waals surface area contributed by atoms with Crippen molar-refractivity contribution in [2.45, 2.75) is 13.8 Å². The van der Waals surface area contributed by atoms with Crippen LogP contribution in [0.2, 0.25) is 15.5 Å². The second-order valence-electron chi connectivity index (χ2n) is 3.43. The van der Waals surface area contributed by atoms with Crippen LogP contribution in [-0.2, 0) is 0 Å². The lowest BCUT2D eigenvalue weighted by atomic mass is 10.5. The van der Waals surface area contributed by atoms with Crippen molar-refractivity contribution in [3.05, 3.63) is 34.2 Å². The Hall–Kier alpha value is 0.290. The molecule has 0 aliphatic carbocycles. The highest BCUT2D eigenvalue weighted by atomic mass is 127. The first-order valence-electron chi connectivity index (χ1n) is 5.02. The molecule has 2 N–H and O–H groups in total. The molecule has 2 rings (SSSR count). The molecular formula is C10H8Cl3I2N5. The smallest absolute Gasteiger partial charge is 0.148 e. The topological polar surface area (TPSA) is 77.6 Å². The molecule has 0 aromatic carbocycles. The van der Waals surface area contributed by atoms with E-state index in [9.17, 15) is 0 Å². The average molecular weight is 558 g/mol. The van der Waals surface area contributed by atoms with Crippen molar-refractivity contribution in [3.8, 4) is 0 Å². The molecule has 2 aromatic rings. The van der Waals surface area contributed by atoms with Crippen LogP contribution in [0.5, 0.6) is 0 Å². The lowest BCUT2D eigenvalue weighted by Gasteiger charge is -1.99. The van der Waals surface area contributed by atoms with Gasteiger partial charge in [-0.1, -0.05) is 34.8 Å². The van der Waals surface area contributed by atoms with Gasteiger partial charge in [-0.3, -0.25) is 0 Å². The summed E-state index contributed by atoms with van der Waals surface area (Å²) in [6.45, 7) is 3.49. The highest BCUT2D eigenvalue weighted by molar-refractivity contribution is 14.1. The zero-order valence-corrected chi connectivity index (χ0v) is 16.8. The number of anilines is 1. The monoisotopic (exact) mass is 557 g/mol. The van der Waals surface area contributed by atoms with Crippen LogP contribution in [0.15, 0.2) is 0 Å². The fraction of sp³-hybridized carbons (Fsp3) is 0.200. The van der Waals surface area contributed by atoms with Crippen LogP contribution in [0.4, 0.5) is 5.82 Å². The normalized spacial score (nSPS) is 9.95. The standard InChI is InChI=1S/C5H3Cl2IN2.C5H5ClIN3/c1-2-9-4(6)3(8)5(7)10-2;1-2-9-4(6)3(7)5(8)10-2/h1H3;1H3,(H2,8,9,10). The van der Waals surface area contributed by atoms with Crippen molar-refractivity contribution in [1.82, 2.24) is 19.9 Å². The van der Waals surface area contributed by atoms with Gasteiger partial charge in [0.05, 0.1) is 7.14 Å². The molecule has 0 spiro atoms. The Bertz CT molecular complexity index is 537. The quantitative estimate of drug-likeness (QED) is 0.385. The van der Waals surface area contributed by atoms with E-state index < -0.39 is 0 Å². The summed E-state index contributed by atoms with van der Waals surface area (Å²) in [6.07, 6.45) is 0. The molecule has 0 atom stereocenters. The molecule has 5 nitrogen and oxygen atoms in total. The fourth-order valence-corrected chi connectivity index (χ4v) is 2.21. The van der Waals surface area contributed by atoms with Crippen molar-refractivity contribution in [2.24, 2.45) is 0 Å². The van der Waals surface area contributed by atoms with Gasteiger partial charge in [0.2, 0.25) is 0 Å². The van der Waals surface area contributed by atoms with E-state index >= 15 is 0 Å². The Balaban J connectivity index is 0.000000200. The summed E-state index contributed by atoms with van der Waals surface area (Å²) in [4.78, 5) is 15.6. The zero-order chi connectivity index (χ0) is 15.4. The van der Waals surface area contributed by atoms with Crippen LogP contribution >= 0.6 is 80.0 Å². The fourth-order valence-electron chi connectivity index (χ4n) is 1.04. The van der Waals surface area contributed by atoms with Gasteiger partial charge in [-0.15, -0.1) is 0 Å². The Labute approximate surface area is 158 Å². The van der Waals surface area contributed by atoms with Crippen LogP contribution in [0.1, 0.15) is 11.6 Å². The third-order valence-corrected chi connectivity index (χ3v) is 5.69. The Morgan fingerprint density at radius 1 is 0.750 bits per heavy atom. The van der Waals surface area contributed by atoms with Crippen molar-refractivity contribution < 1.29 is 0 Å². The second-order valence-corrected chi connectivity index (χ2v) is 6.66. The number of hydrogen-bond acceptors (Lipinski definition) is 5. The lowest BCUT2D eigenvalue weighted by molar-refractivity contribution is 1.04. The SMILES string of the molecule is Cc1nc(Cl)c(I)c(Cl)n1.Cc1nc(N)c(I)c(Cl)n1. The number of rotatable bonds is 0. The van der Waals surface area contributed by atoms with E-state index in [2.05, 4.69) is 19.9 Å². The first kappa shape index (κ1) is 18.3. The molecular weight excluding hydrogens is 550 g/mol. The third kappa shape index (κ3) is 5.24. The van der Waals surface area contributed by atoms with Crippen LogP contribution in [-0.4, -0.2) is 19.9 Å². The molecule has 0 radical (unpaired) electrons. The average Bonchev–Trinajstić information content (AvgIpc) is 2.33. The van der Waals surface area contributed by atoms with E-state index in [4.69, 9.17) is 40.5 Å². The number of aryl methyl sites for hydroxylation is 2. The Morgan fingerprint density at radius 2 is 1.10 bits per heavy atom. The second kappa shape index (κ2) is 8.06. The number of nitrogens with two attached hydrogens (primary N) is 1. The number of halogens is 5. The molecule has 2 heterocycles. The molecule has 0 saturated carbocycles. The van der Waals surface area contributed by atoms with Gasteiger partial charge in [0, 0.05) is 0 Å². The van der Waals surface area contributed by atoms with Gasteiger partial charge >= 0.3 is 0 Å². The summed E-state index contributed by atoms with van der Waals surface area (Å²) in [6, 6.07) is 0. The summed E-state index contributed by atoms with van der Waals surface area (Å²) in [5.74, 6) is 1.64. The van der Waals surface area contributed by atoms with Crippen molar-refractivity contribution in [3.63, 3.8) is 0 Å². The van der Waals surface area contributed by atoms with E-state index in [1.807, 2.05) is 45.2 Å². The van der Waals surface area contributed by atoms with Gasteiger partial charge in [-0.25, -0.2) is 19.9 Å². The molecule has 0 bridgehead atoms. The van der Waals surface area contributed by atoms with E-state index in [0.717, 1.165) is 0 Å². The zero-order valence-electron chi connectivity index (χ0n) is 10.3. The molecule has 108 valence electrons. The summed E-state index contributed by atoms with van der Waals surface area (Å²) in [7, 11) is 0. The largest absolute Gasteiger partial charge is 0.383 e. The Kier molecular flexibility index (Phi) is 7.39. The molecule has 0 unspecified atom stereocenters. The van der Waals surface area contributed by atoms with Crippen LogP contribution in [0.3, 0.4) is 0 Å². The minimum Gasteiger partial charge on any atom is -0.383 e. The summed E-state index contributed by atoms with van der Waals surface area (Å²) < 4.78 is 1.41. The predicted octanol–water partition coefficient (Wildman–Crippen LogP) is 4.32. The number of aromatic nitrogens is 4. The maximum absolute atomic E-state index is 5.68. The van der Waals surface area contributed by atoms with E-state index in [0.29, 0.717) is 40.1 Å². The highest BCUT2D eigenvalue weighted by Gasteiger charge is 2.05. The molecule has 0 fully saturated rings. The van der Waals surface area contributed by atoms with Crippen molar-refractivity contribution >= 4 is 85.8 Å². The van der Waals surface area contributed by atoms with Gasteiger partial charge < -0.3 is 5.73 Å². The molecule has 0 aliphatic rings. The lowest BCUT2D eigenvalue weighted by Crippen LogP contribution is -1.99. The maximum Gasteiger partial charge on any atom is 0.148 e. The predicted molar refractivity (Wildman–Crippen MR) is 98.4 cm³/mol. The molecule has 0 saturated heterocycles. The van der Waals surface area contributed by atoms with E-state index in [-0.39, 0.29) is 0 Å². The first-order valence-corrected chi connectivity index (χ1v) is 8.31. The Morgan fingerprint density at radius 3 is 1.50 bits per heavy atom. The van der Waals surface area contributed by atoms with Gasteiger partial charge in [0.1, 0.15) is 32.9 Å². The number of hydrogen-bond donors (Lipinski definition) is 1. The van der Waals surface area contributed by atoms with Crippen molar-refractivity contribution in [1.29, 1.82) is 0 Å². The molecule has 2 aromatic heterocycles. The van der Waals surface area contributed by atoms with Gasteiger partial charge in [0.15, 0.2) is 0 Å². The molecule has 0 aliphatic heterocycles. The highest BCUT2D eigenvalue weighted by Crippen LogP contribution is 2.22.